The van der Waals surface area contributed by atoms with E-state index in [1.807, 2.05) is 38.1 Å². The number of hydrogen-bond donors (Lipinski definition) is 1. The number of nitrogens with one attached hydrogen (secondary N) is 1. The summed E-state index contributed by atoms with van der Waals surface area (Å²) in [5.41, 5.74) is 4.87. The van der Waals surface area contributed by atoms with E-state index in [1.54, 1.807) is 6.08 Å². The zero-order valence-electron chi connectivity index (χ0n) is 16.5. The molecule has 1 aromatic rings. The molecule has 4 heteroatoms. The van der Waals surface area contributed by atoms with Gasteiger partial charge in [-0.05, 0) is 31.2 Å². The molecular weight excluding hydrogens is 338 g/mol. The monoisotopic (exact) mass is 365 g/mol. The molecule has 0 unspecified atom stereocenters. The molecular formula is C23H27NO3. The minimum atomic E-state index is -0.408. The van der Waals surface area contributed by atoms with E-state index in [1.165, 1.54) is 0 Å². The SMILES string of the molecule is C=CCOC(=O)C1=C(C)NC2=C(C(=O)CC(C)(C)C2)[C@H]1c1ccc(C)cc1. The summed E-state index contributed by atoms with van der Waals surface area (Å²) >= 11 is 0. The van der Waals surface area contributed by atoms with Gasteiger partial charge in [-0.1, -0.05) is 56.3 Å². The number of Topliss-reactive ketones (excluding diaryl/α,β-unsaturated/α-hetero) is 1. The molecule has 0 saturated carbocycles. The number of hydrogen-bond acceptors (Lipinski definition) is 4. The highest BCUT2D eigenvalue weighted by Crippen LogP contribution is 2.46. The van der Waals surface area contributed by atoms with Gasteiger partial charge in [-0.15, -0.1) is 0 Å². The van der Waals surface area contributed by atoms with E-state index in [9.17, 15) is 9.59 Å². The van der Waals surface area contributed by atoms with Crippen molar-refractivity contribution in [1.29, 1.82) is 0 Å². The molecule has 1 heterocycles. The van der Waals surface area contributed by atoms with Gasteiger partial charge in [-0.3, -0.25) is 4.79 Å². The van der Waals surface area contributed by atoms with Crippen molar-refractivity contribution in [2.24, 2.45) is 5.41 Å². The second-order valence-electron chi connectivity index (χ2n) is 8.23. The summed E-state index contributed by atoms with van der Waals surface area (Å²) in [4.78, 5) is 25.9. The van der Waals surface area contributed by atoms with Gasteiger partial charge >= 0.3 is 5.97 Å². The molecule has 3 rings (SSSR count). The number of carbonyl (C=O) groups is 2. The molecule has 0 amide bonds. The summed E-state index contributed by atoms with van der Waals surface area (Å²) < 4.78 is 5.34. The summed E-state index contributed by atoms with van der Waals surface area (Å²) in [5, 5.41) is 3.33. The number of allylic oxidation sites excluding steroid dienone is 3. The fourth-order valence-electron chi connectivity index (χ4n) is 4.01. The minimum absolute atomic E-state index is 0.0954. The zero-order chi connectivity index (χ0) is 19.8. The Hall–Kier alpha value is -2.62. The van der Waals surface area contributed by atoms with E-state index in [0.717, 1.165) is 28.9 Å². The highest BCUT2D eigenvalue weighted by Gasteiger charge is 2.43. The Labute approximate surface area is 161 Å². The summed E-state index contributed by atoms with van der Waals surface area (Å²) in [7, 11) is 0. The van der Waals surface area contributed by atoms with E-state index in [-0.39, 0.29) is 17.8 Å². The van der Waals surface area contributed by atoms with Crippen LogP contribution in [-0.4, -0.2) is 18.4 Å². The Morgan fingerprint density at radius 2 is 1.93 bits per heavy atom. The lowest BCUT2D eigenvalue weighted by molar-refractivity contribution is -0.138. The summed E-state index contributed by atoms with van der Waals surface area (Å²) in [5.74, 6) is -0.710. The Kier molecular flexibility index (Phi) is 5.09. The first-order valence-electron chi connectivity index (χ1n) is 9.32. The molecule has 1 atom stereocenters. The van der Waals surface area contributed by atoms with Crippen LogP contribution < -0.4 is 5.32 Å². The lowest BCUT2D eigenvalue weighted by atomic mass is 9.68. The van der Waals surface area contributed by atoms with Gasteiger partial charge in [0.25, 0.3) is 0 Å². The lowest BCUT2D eigenvalue weighted by Gasteiger charge is -2.39. The van der Waals surface area contributed by atoms with Crippen LogP contribution in [0.15, 0.2) is 59.5 Å². The molecule has 0 saturated heterocycles. The molecule has 0 fully saturated rings. The van der Waals surface area contributed by atoms with Gasteiger partial charge in [0.05, 0.1) is 5.57 Å². The molecule has 1 aliphatic carbocycles. The highest BCUT2D eigenvalue weighted by atomic mass is 16.5. The molecule has 1 aromatic carbocycles. The van der Waals surface area contributed by atoms with Gasteiger partial charge < -0.3 is 10.1 Å². The Morgan fingerprint density at radius 3 is 2.56 bits per heavy atom. The number of benzene rings is 1. The molecule has 142 valence electrons. The number of aryl methyl sites for hydroxylation is 1. The van der Waals surface area contributed by atoms with Gasteiger partial charge in [0.1, 0.15) is 6.61 Å². The van der Waals surface area contributed by atoms with Crippen LogP contribution in [0, 0.1) is 12.3 Å². The molecule has 1 N–H and O–H groups in total. The van der Waals surface area contributed by atoms with Gasteiger partial charge in [-0.25, -0.2) is 4.79 Å². The first-order chi connectivity index (χ1) is 12.7. The number of rotatable bonds is 4. The fourth-order valence-corrected chi connectivity index (χ4v) is 4.01. The van der Waals surface area contributed by atoms with Gasteiger partial charge in [0, 0.05) is 29.3 Å². The number of ketones is 1. The smallest absolute Gasteiger partial charge is 0.337 e. The maximum absolute atomic E-state index is 13.1. The molecule has 27 heavy (non-hydrogen) atoms. The Bertz CT molecular complexity index is 856. The second kappa shape index (κ2) is 7.18. The molecule has 0 aromatic heterocycles. The van der Waals surface area contributed by atoms with Crippen molar-refractivity contribution in [3.05, 3.63) is 70.6 Å². The van der Waals surface area contributed by atoms with Crippen molar-refractivity contribution in [1.82, 2.24) is 5.32 Å². The molecule has 0 bridgehead atoms. The van der Waals surface area contributed by atoms with Crippen LogP contribution in [0.5, 0.6) is 0 Å². The quantitative estimate of drug-likeness (QED) is 0.637. The van der Waals surface area contributed by atoms with Crippen molar-refractivity contribution < 1.29 is 14.3 Å². The summed E-state index contributed by atoms with van der Waals surface area (Å²) in [6.45, 7) is 11.8. The summed E-state index contributed by atoms with van der Waals surface area (Å²) in [6, 6.07) is 8.02. The third kappa shape index (κ3) is 3.75. The average Bonchev–Trinajstić information content (AvgIpc) is 2.58. The zero-order valence-corrected chi connectivity index (χ0v) is 16.5. The van der Waals surface area contributed by atoms with E-state index < -0.39 is 11.9 Å². The van der Waals surface area contributed by atoms with E-state index in [4.69, 9.17) is 4.74 Å². The van der Waals surface area contributed by atoms with Crippen molar-refractivity contribution in [3.8, 4) is 0 Å². The van der Waals surface area contributed by atoms with Gasteiger partial charge in [-0.2, -0.15) is 0 Å². The topological polar surface area (TPSA) is 55.4 Å². The average molecular weight is 365 g/mol. The fraction of sp³-hybridized carbons (Fsp3) is 0.391. The standard InChI is InChI=1S/C23H27NO3/c1-6-11-27-22(26)19-15(3)24-17-12-23(4,5)13-18(25)21(17)20(19)16-9-7-14(2)8-10-16/h6-10,20,24H,1,11-13H2,2-5H3/t20-/m0/s1. The third-order valence-electron chi connectivity index (χ3n) is 5.20. The van der Waals surface area contributed by atoms with Crippen LogP contribution in [0.4, 0.5) is 0 Å². The molecule has 0 spiro atoms. The van der Waals surface area contributed by atoms with Crippen LogP contribution in [0.1, 0.15) is 50.7 Å². The highest BCUT2D eigenvalue weighted by molar-refractivity contribution is 6.04. The van der Waals surface area contributed by atoms with Crippen molar-refractivity contribution in [2.45, 2.75) is 46.5 Å². The molecule has 0 radical (unpaired) electrons. The van der Waals surface area contributed by atoms with Crippen LogP contribution in [0.3, 0.4) is 0 Å². The maximum atomic E-state index is 13.1. The van der Waals surface area contributed by atoms with Crippen LogP contribution >= 0.6 is 0 Å². The van der Waals surface area contributed by atoms with Crippen molar-refractivity contribution in [2.75, 3.05) is 6.61 Å². The molecule has 2 aliphatic rings. The molecule has 1 aliphatic heterocycles. The normalized spacial score (nSPS) is 21.5. The number of esters is 1. The van der Waals surface area contributed by atoms with E-state index >= 15 is 0 Å². The van der Waals surface area contributed by atoms with E-state index in [2.05, 4.69) is 25.7 Å². The third-order valence-corrected chi connectivity index (χ3v) is 5.20. The Morgan fingerprint density at radius 1 is 1.26 bits per heavy atom. The second-order valence-corrected chi connectivity index (χ2v) is 8.23. The predicted octanol–water partition coefficient (Wildman–Crippen LogP) is 4.33. The maximum Gasteiger partial charge on any atom is 0.337 e. The number of ether oxygens (including phenoxy) is 1. The minimum Gasteiger partial charge on any atom is -0.458 e. The van der Waals surface area contributed by atoms with Gasteiger partial charge in [0.2, 0.25) is 0 Å². The molecule has 4 nitrogen and oxygen atoms in total. The Balaban J connectivity index is 2.14. The van der Waals surface area contributed by atoms with Crippen molar-refractivity contribution in [3.63, 3.8) is 0 Å². The predicted molar refractivity (Wildman–Crippen MR) is 106 cm³/mol. The number of carbonyl (C=O) groups excluding carboxylic acids is 2. The van der Waals surface area contributed by atoms with Crippen LogP contribution in [0.25, 0.3) is 0 Å². The van der Waals surface area contributed by atoms with Gasteiger partial charge in [0.15, 0.2) is 5.78 Å². The largest absolute Gasteiger partial charge is 0.458 e. The first-order valence-corrected chi connectivity index (χ1v) is 9.32. The van der Waals surface area contributed by atoms with E-state index in [0.29, 0.717) is 17.6 Å². The lowest BCUT2D eigenvalue weighted by Crippen LogP contribution is -2.38. The van der Waals surface area contributed by atoms with Crippen LogP contribution in [-0.2, 0) is 14.3 Å². The summed E-state index contributed by atoms with van der Waals surface area (Å²) in [6.07, 6.45) is 2.80. The number of dihydropyridines is 1. The first kappa shape index (κ1) is 19.2. The van der Waals surface area contributed by atoms with Crippen LogP contribution in [0.2, 0.25) is 0 Å². The van der Waals surface area contributed by atoms with Crippen molar-refractivity contribution >= 4 is 11.8 Å².